The molecular formula is C16H16FNO2S. The molecule has 3 nitrogen and oxygen atoms in total. The maximum Gasteiger partial charge on any atom is 0.225 e. The lowest BCUT2D eigenvalue weighted by molar-refractivity contribution is -0.115. The molecule has 0 aliphatic carbocycles. The number of thioether (sulfide) groups is 1. The maximum atomic E-state index is 13.4. The van der Waals surface area contributed by atoms with Crippen LogP contribution in [0.2, 0.25) is 0 Å². The minimum atomic E-state index is -0.423. The Hall–Kier alpha value is -2.01. The van der Waals surface area contributed by atoms with Gasteiger partial charge in [-0.05, 0) is 36.4 Å². The van der Waals surface area contributed by atoms with Gasteiger partial charge in [-0.1, -0.05) is 12.1 Å². The molecule has 0 fully saturated rings. The van der Waals surface area contributed by atoms with Crippen molar-refractivity contribution in [1.29, 1.82) is 0 Å². The average Bonchev–Trinajstić information content (AvgIpc) is 2.50. The van der Waals surface area contributed by atoms with E-state index < -0.39 is 5.82 Å². The van der Waals surface area contributed by atoms with Crippen molar-refractivity contribution >= 4 is 23.4 Å². The molecule has 0 spiro atoms. The number of hydrogen-bond acceptors (Lipinski definition) is 3. The van der Waals surface area contributed by atoms with Gasteiger partial charge >= 0.3 is 0 Å². The monoisotopic (exact) mass is 305 g/mol. The van der Waals surface area contributed by atoms with E-state index in [0.717, 1.165) is 10.6 Å². The zero-order chi connectivity index (χ0) is 15.1. The molecule has 0 aliphatic rings. The van der Waals surface area contributed by atoms with E-state index in [-0.39, 0.29) is 11.6 Å². The summed E-state index contributed by atoms with van der Waals surface area (Å²) in [5.74, 6) is 0.818. The summed E-state index contributed by atoms with van der Waals surface area (Å²) in [7, 11) is 1.62. The van der Waals surface area contributed by atoms with E-state index in [1.165, 1.54) is 6.07 Å². The summed E-state index contributed by atoms with van der Waals surface area (Å²) < 4.78 is 18.5. The van der Waals surface area contributed by atoms with Crippen LogP contribution in [-0.2, 0) is 4.79 Å². The van der Waals surface area contributed by atoms with Crippen molar-refractivity contribution in [3.63, 3.8) is 0 Å². The van der Waals surface area contributed by atoms with Crippen LogP contribution in [0, 0.1) is 5.82 Å². The van der Waals surface area contributed by atoms with Crippen molar-refractivity contribution in [2.75, 3.05) is 18.2 Å². The van der Waals surface area contributed by atoms with Crippen molar-refractivity contribution < 1.29 is 13.9 Å². The maximum absolute atomic E-state index is 13.4. The van der Waals surface area contributed by atoms with E-state index in [9.17, 15) is 9.18 Å². The Bertz CT molecular complexity index is 601. The average molecular weight is 305 g/mol. The summed E-state index contributed by atoms with van der Waals surface area (Å²) in [6, 6.07) is 13.8. The number of carbonyl (C=O) groups is 1. The van der Waals surface area contributed by atoms with Crippen LogP contribution in [0.5, 0.6) is 5.75 Å². The first-order chi connectivity index (χ1) is 10.2. The van der Waals surface area contributed by atoms with Crippen LogP contribution in [-0.4, -0.2) is 18.8 Å². The minimum absolute atomic E-state index is 0.193. The van der Waals surface area contributed by atoms with Crippen LogP contribution in [0.1, 0.15) is 6.42 Å². The lowest BCUT2D eigenvalue weighted by Crippen LogP contribution is -2.13. The lowest BCUT2D eigenvalue weighted by atomic mass is 10.3. The zero-order valence-corrected chi connectivity index (χ0v) is 12.5. The highest BCUT2D eigenvalue weighted by atomic mass is 32.2. The molecule has 0 aliphatic heterocycles. The SMILES string of the molecule is COc1ccc(SCCC(=O)Nc2ccccc2F)cc1. The van der Waals surface area contributed by atoms with Crippen molar-refractivity contribution in [2.24, 2.45) is 0 Å². The molecule has 0 atom stereocenters. The van der Waals surface area contributed by atoms with Crippen LogP contribution >= 0.6 is 11.8 Å². The number of hydrogen-bond donors (Lipinski definition) is 1. The third kappa shape index (κ3) is 4.79. The molecule has 1 N–H and O–H groups in total. The Morgan fingerprint density at radius 3 is 2.57 bits per heavy atom. The van der Waals surface area contributed by atoms with Crippen LogP contribution in [0.25, 0.3) is 0 Å². The topological polar surface area (TPSA) is 38.3 Å². The highest BCUT2D eigenvalue weighted by Crippen LogP contribution is 2.22. The number of amides is 1. The largest absolute Gasteiger partial charge is 0.497 e. The lowest BCUT2D eigenvalue weighted by Gasteiger charge is -2.06. The molecule has 0 radical (unpaired) electrons. The predicted octanol–water partition coefficient (Wildman–Crippen LogP) is 3.96. The Morgan fingerprint density at radius 2 is 1.90 bits per heavy atom. The number of halogens is 1. The fraction of sp³-hybridized carbons (Fsp3) is 0.188. The van der Waals surface area contributed by atoms with Gasteiger partial charge in [-0.2, -0.15) is 0 Å². The second kappa shape index (κ2) is 7.69. The number of rotatable bonds is 6. The van der Waals surface area contributed by atoms with E-state index in [1.807, 2.05) is 24.3 Å². The number of benzene rings is 2. The van der Waals surface area contributed by atoms with Gasteiger partial charge in [0.1, 0.15) is 11.6 Å². The normalized spacial score (nSPS) is 10.2. The minimum Gasteiger partial charge on any atom is -0.497 e. The summed E-state index contributed by atoms with van der Waals surface area (Å²) in [6.45, 7) is 0. The number of carbonyl (C=O) groups excluding carboxylic acids is 1. The molecule has 0 saturated carbocycles. The molecule has 1 amide bonds. The first-order valence-electron chi connectivity index (χ1n) is 6.50. The molecule has 21 heavy (non-hydrogen) atoms. The fourth-order valence-electron chi connectivity index (χ4n) is 1.71. The van der Waals surface area contributed by atoms with E-state index in [0.29, 0.717) is 12.2 Å². The zero-order valence-electron chi connectivity index (χ0n) is 11.6. The third-order valence-electron chi connectivity index (χ3n) is 2.81. The first-order valence-corrected chi connectivity index (χ1v) is 7.49. The fourth-order valence-corrected chi connectivity index (χ4v) is 2.56. The van der Waals surface area contributed by atoms with Crippen molar-refractivity contribution in [3.8, 4) is 5.75 Å². The van der Waals surface area contributed by atoms with E-state index in [4.69, 9.17) is 4.74 Å². The summed E-state index contributed by atoms with van der Waals surface area (Å²) >= 11 is 1.57. The van der Waals surface area contributed by atoms with Crippen molar-refractivity contribution in [2.45, 2.75) is 11.3 Å². The van der Waals surface area contributed by atoms with Gasteiger partial charge < -0.3 is 10.1 Å². The molecule has 0 heterocycles. The number of ether oxygens (including phenoxy) is 1. The highest BCUT2D eigenvalue weighted by molar-refractivity contribution is 7.99. The molecule has 0 saturated heterocycles. The summed E-state index contributed by atoms with van der Waals surface area (Å²) in [4.78, 5) is 12.8. The molecule has 2 rings (SSSR count). The number of anilines is 1. The van der Waals surface area contributed by atoms with E-state index in [2.05, 4.69) is 5.32 Å². The van der Waals surface area contributed by atoms with Crippen LogP contribution in [0.15, 0.2) is 53.4 Å². The van der Waals surface area contributed by atoms with Crippen molar-refractivity contribution in [3.05, 3.63) is 54.3 Å². The summed E-state index contributed by atoms with van der Waals surface area (Å²) in [5.41, 5.74) is 0.219. The summed E-state index contributed by atoms with van der Waals surface area (Å²) in [5, 5.41) is 2.57. The Balaban J connectivity index is 1.77. The number of para-hydroxylation sites is 1. The van der Waals surface area contributed by atoms with Gasteiger partial charge in [0.15, 0.2) is 0 Å². The van der Waals surface area contributed by atoms with Crippen LogP contribution < -0.4 is 10.1 Å². The van der Waals surface area contributed by atoms with Gasteiger partial charge in [0.25, 0.3) is 0 Å². The Labute approximate surface area is 127 Å². The van der Waals surface area contributed by atoms with E-state index in [1.54, 1.807) is 37.1 Å². The van der Waals surface area contributed by atoms with Gasteiger partial charge in [0, 0.05) is 17.1 Å². The van der Waals surface area contributed by atoms with Gasteiger partial charge in [0.2, 0.25) is 5.91 Å². The number of nitrogens with one attached hydrogen (secondary N) is 1. The van der Waals surface area contributed by atoms with Crippen molar-refractivity contribution in [1.82, 2.24) is 0 Å². The van der Waals surface area contributed by atoms with Gasteiger partial charge in [-0.25, -0.2) is 4.39 Å². The molecule has 0 bridgehead atoms. The van der Waals surface area contributed by atoms with Gasteiger partial charge in [-0.3, -0.25) is 4.79 Å². The Morgan fingerprint density at radius 1 is 1.19 bits per heavy atom. The van der Waals surface area contributed by atoms with Crippen LogP contribution in [0.4, 0.5) is 10.1 Å². The Kier molecular flexibility index (Phi) is 5.63. The molecule has 2 aromatic carbocycles. The molecule has 0 aromatic heterocycles. The second-order valence-corrected chi connectivity index (χ2v) is 5.47. The molecular weight excluding hydrogens is 289 g/mol. The predicted molar refractivity (Wildman–Crippen MR) is 83.4 cm³/mol. The summed E-state index contributed by atoms with van der Waals surface area (Å²) in [6.07, 6.45) is 0.324. The number of methoxy groups -OCH3 is 1. The van der Waals surface area contributed by atoms with Gasteiger partial charge in [0.05, 0.1) is 12.8 Å². The van der Waals surface area contributed by atoms with E-state index >= 15 is 0 Å². The smallest absolute Gasteiger partial charge is 0.225 e. The molecule has 110 valence electrons. The first kappa shape index (κ1) is 15.4. The third-order valence-corrected chi connectivity index (χ3v) is 3.82. The standard InChI is InChI=1S/C16H16FNO2S/c1-20-12-6-8-13(9-7-12)21-11-10-16(19)18-15-5-3-2-4-14(15)17/h2-9H,10-11H2,1H3,(H,18,19). The molecule has 5 heteroatoms. The quantitative estimate of drug-likeness (QED) is 0.821. The molecule has 0 unspecified atom stereocenters. The highest BCUT2D eigenvalue weighted by Gasteiger charge is 2.06. The van der Waals surface area contributed by atoms with Crippen LogP contribution in [0.3, 0.4) is 0 Å². The second-order valence-electron chi connectivity index (χ2n) is 4.30. The molecule has 2 aromatic rings. The van der Waals surface area contributed by atoms with Gasteiger partial charge in [-0.15, -0.1) is 11.8 Å².